The van der Waals surface area contributed by atoms with Crippen LogP contribution in [0.1, 0.15) is 38.8 Å². The van der Waals surface area contributed by atoms with Crippen molar-refractivity contribution in [2.45, 2.75) is 38.9 Å². The van der Waals surface area contributed by atoms with Gasteiger partial charge in [-0.1, -0.05) is 97.1 Å². The van der Waals surface area contributed by atoms with E-state index >= 15 is 0 Å². The van der Waals surface area contributed by atoms with Gasteiger partial charge < -0.3 is 0 Å². The van der Waals surface area contributed by atoms with Gasteiger partial charge in [-0.05, 0) is 38.8 Å². The lowest BCUT2D eigenvalue weighted by molar-refractivity contribution is -0.410. The topological polar surface area (TPSA) is 18.5 Å². The largest absolute Gasteiger partial charge is 0.225 e. The molecule has 0 aliphatic heterocycles. The lowest BCUT2D eigenvalue weighted by Crippen LogP contribution is -2.29. The molecule has 0 spiro atoms. The summed E-state index contributed by atoms with van der Waals surface area (Å²) in [7, 11) is 0. The van der Waals surface area contributed by atoms with E-state index in [-0.39, 0.29) is 0 Å². The summed E-state index contributed by atoms with van der Waals surface area (Å²) in [4.78, 5) is 11.5. The molecule has 0 radical (unpaired) electrons. The summed E-state index contributed by atoms with van der Waals surface area (Å²) in [5, 5.41) is 0. The van der Waals surface area contributed by atoms with E-state index < -0.39 is 11.2 Å². The molecule has 0 saturated heterocycles. The summed E-state index contributed by atoms with van der Waals surface area (Å²) >= 11 is 0. The third-order valence-electron chi connectivity index (χ3n) is 4.06. The Labute approximate surface area is 157 Å². The minimum atomic E-state index is -0.493. The van der Waals surface area contributed by atoms with Gasteiger partial charge in [0.1, 0.15) is 11.2 Å². The van der Waals surface area contributed by atoms with Crippen molar-refractivity contribution in [2.24, 2.45) is 0 Å². The van der Waals surface area contributed by atoms with E-state index in [9.17, 15) is 0 Å². The first-order valence-corrected chi connectivity index (χ1v) is 8.90. The predicted molar refractivity (Wildman–Crippen MR) is 108 cm³/mol. The average Bonchev–Trinajstić information content (AvgIpc) is 2.70. The summed E-state index contributed by atoms with van der Waals surface area (Å²) in [6, 6.07) is 32.2. The normalized spacial score (nSPS) is 11.4. The highest BCUT2D eigenvalue weighted by atomic mass is 17.2. The third-order valence-corrected chi connectivity index (χ3v) is 4.06. The number of benzene rings is 3. The van der Waals surface area contributed by atoms with E-state index in [2.05, 4.69) is 0 Å². The Morgan fingerprint density at radius 3 is 0.923 bits per heavy atom. The fourth-order valence-corrected chi connectivity index (χ4v) is 2.37. The Morgan fingerprint density at radius 2 is 0.654 bits per heavy atom. The maximum Gasteiger partial charge on any atom is 0.123 e. The van der Waals surface area contributed by atoms with Crippen LogP contribution in [-0.2, 0) is 21.0 Å². The monoisotopic (exact) mass is 348 g/mol. The van der Waals surface area contributed by atoms with Gasteiger partial charge in [0.2, 0.25) is 0 Å². The lowest BCUT2D eigenvalue weighted by atomic mass is 9.98. The first-order valence-electron chi connectivity index (χ1n) is 8.90. The summed E-state index contributed by atoms with van der Waals surface area (Å²) in [6.07, 6.45) is 0. The van der Waals surface area contributed by atoms with Gasteiger partial charge in [-0.15, -0.1) is 0 Å². The van der Waals surface area contributed by atoms with Gasteiger partial charge in [0, 0.05) is 0 Å². The molecule has 2 heteroatoms. The zero-order valence-electron chi connectivity index (χ0n) is 16.1. The van der Waals surface area contributed by atoms with Crippen molar-refractivity contribution < 1.29 is 9.78 Å². The van der Waals surface area contributed by atoms with Crippen LogP contribution in [0, 0.1) is 0 Å². The quantitative estimate of drug-likeness (QED) is 0.387. The molecule has 0 aliphatic rings. The summed E-state index contributed by atoms with van der Waals surface area (Å²) in [5.41, 5.74) is 1.19. The van der Waals surface area contributed by atoms with Crippen molar-refractivity contribution in [1.29, 1.82) is 0 Å². The molecule has 0 amide bonds. The first kappa shape index (κ1) is 19.9. The van der Waals surface area contributed by atoms with Crippen LogP contribution in [0.25, 0.3) is 0 Å². The average molecular weight is 348 g/mol. The molecule has 136 valence electrons. The van der Waals surface area contributed by atoms with Gasteiger partial charge >= 0.3 is 0 Å². The van der Waals surface area contributed by atoms with Gasteiger partial charge in [0.15, 0.2) is 0 Å². The maximum atomic E-state index is 5.73. The first-order chi connectivity index (χ1) is 12.4. The fraction of sp³-hybridized carbons (Fsp3) is 0.250. The van der Waals surface area contributed by atoms with E-state index in [1.165, 1.54) is 0 Å². The van der Waals surface area contributed by atoms with Crippen LogP contribution in [0.15, 0.2) is 97.1 Å². The predicted octanol–water partition coefficient (Wildman–Crippen LogP) is 6.49. The Bertz CT molecular complexity index is 657. The molecular weight excluding hydrogens is 320 g/mol. The van der Waals surface area contributed by atoms with E-state index in [0.717, 1.165) is 11.1 Å². The maximum absolute atomic E-state index is 5.73. The van der Waals surface area contributed by atoms with E-state index in [4.69, 9.17) is 9.78 Å². The molecule has 0 unspecified atom stereocenters. The van der Waals surface area contributed by atoms with E-state index in [1.54, 1.807) is 0 Å². The highest BCUT2D eigenvalue weighted by Crippen LogP contribution is 2.31. The second kappa shape index (κ2) is 9.33. The lowest BCUT2D eigenvalue weighted by Gasteiger charge is -2.31. The number of hydrogen-bond acceptors (Lipinski definition) is 2. The van der Waals surface area contributed by atoms with Crippen molar-refractivity contribution in [3.05, 3.63) is 108 Å². The van der Waals surface area contributed by atoms with E-state index in [0.29, 0.717) is 0 Å². The Hall–Kier alpha value is -2.42. The summed E-state index contributed by atoms with van der Waals surface area (Å²) in [6.45, 7) is 8.01. The Kier molecular flexibility index (Phi) is 7.14. The molecule has 0 atom stereocenters. The molecule has 0 N–H and O–H groups in total. The smallest absolute Gasteiger partial charge is 0.123 e. The van der Waals surface area contributed by atoms with Gasteiger partial charge in [0.25, 0.3) is 0 Å². The SMILES string of the molecule is CC(C)(OOC(C)(C)c1ccccc1)c1ccccc1.c1ccccc1. The minimum Gasteiger partial charge on any atom is -0.225 e. The van der Waals surface area contributed by atoms with Gasteiger partial charge in [-0.25, -0.2) is 9.78 Å². The zero-order valence-corrected chi connectivity index (χ0v) is 16.1. The Balaban J connectivity index is 0.000000342. The van der Waals surface area contributed by atoms with Crippen LogP contribution in [0.4, 0.5) is 0 Å². The highest BCUT2D eigenvalue weighted by molar-refractivity contribution is 5.22. The number of hydrogen-bond donors (Lipinski definition) is 0. The molecule has 0 fully saturated rings. The second-order valence-electron chi connectivity index (χ2n) is 7.07. The van der Waals surface area contributed by atoms with Gasteiger partial charge in [0.05, 0.1) is 0 Å². The van der Waals surface area contributed by atoms with Crippen LogP contribution < -0.4 is 0 Å². The van der Waals surface area contributed by atoms with Crippen LogP contribution >= 0.6 is 0 Å². The van der Waals surface area contributed by atoms with Crippen molar-refractivity contribution in [1.82, 2.24) is 0 Å². The Morgan fingerprint density at radius 1 is 0.423 bits per heavy atom. The highest BCUT2D eigenvalue weighted by Gasteiger charge is 2.29. The second-order valence-corrected chi connectivity index (χ2v) is 7.07. The number of rotatable bonds is 5. The van der Waals surface area contributed by atoms with Gasteiger partial charge in [-0.3, -0.25) is 0 Å². The minimum absolute atomic E-state index is 0.493. The van der Waals surface area contributed by atoms with E-state index in [1.807, 2.05) is 125 Å². The van der Waals surface area contributed by atoms with Crippen LogP contribution in [0.2, 0.25) is 0 Å². The zero-order chi connectivity index (χ0) is 18.9. The molecule has 26 heavy (non-hydrogen) atoms. The van der Waals surface area contributed by atoms with Crippen molar-refractivity contribution in [2.75, 3.05) is 0 Å². The molecule has 3 rings (SSSR count). The van der Waals surface area contributed by atoms with Crippen molar-refractivity contribution in [3.8, 4) is 0 Å². The van der Waals surface area contributed by atoms with Crippen LogP contribution in [0.3, 0.4) is 0 Å². The molecule has 3 aromatic rings. The van der Waals surface area contributed by atoms with Gasteiger partial charge in [-0.2, -0.15) is 0 Å². The molecule has 0 heterocycles. The molecule has 0 bridgehead atoms. The molecular formula is C24H28O2. The van der Waals surface area contributed by atoms with Crippen LogP contribution in [-0.4, -0.2) is 0 Å². The molecule has 3 aromatic carbocycles. The fourth-order valence-electron chi connectivity index (χ4n) is 2.37. The molecule has 0 aliphatic carbocycles. The molecule has 0 saturated carbocycles. The van der Waals surface area contributed by atoms with Crippen molar-refractivity contribution >= 4 is 0 Å². The summed E-state index contributed by atoms with van der Waals surface area (Å²) < 4.78 is 0. The third kappa shape index (κ3) is 6.14. The molecule has 0 aromatic heterocycles. The van der Waals surface area contributed by atoms with Crippen molar-refractivity contribution in [3.63, 3.8) is 0 Å². The molecule has 2 nitrogen and oxygen atoms in total. The standard InChI is InChI=1S/C18H22O2.C6H6/c1-17(2,15-11-7-5-8-12-15)19-20-18(3,4)16-13-9-6-10-14-16;1-2-4-6-5-3-1/h5-14H,1-4H3;1-6H. The van der Waals surface area contributed by atoms with Crippen LogP contribution in [0.5, 0.6) is 0 Å². The summed E-state index contributed by atoms with van der Waals surface area (Å²) in [5.74, 6) is 0.